The Balaban J connectivity index is 1.83. The van der Waals surface area contributed by atoms with Crippen LogP contribution in [0.25, 0.3) is 0 Å². The highest BCUT2D eigenvalue weighted by atomic mass is 35.5. The van der Waals surface area contributed by atoms with E-state index in [4.69, 9.17) is 21.1 Å². The van der Waals surface area contributed by atoms with Gasteiger partial charge in [-0.25, -0.2) is 0 Å². The van der Waals surface area contributed by atoms with Crippen LogP contribution in [-0.2, 0) is 11.3 Å². The normalized spacial score (nSPS) is 17.0. The van der Waals surface area contributed by atoms with E-state index in [0.29, 0.717) is 10.4 Å². The summed E-state index contributed by atoms with van der Waals surface area (Å²) >= 11 is 6.11. The van der Waals surface area contributed by atoms with Gasteiger partial charge in [0.2, 0.25) is 0 Å². The highest BCUT2D eigenvalue weighted by Gasteiger charge is 2.36. The quantitative estimate of drug-likeness (QED) is 0.833. The average Bonchev–Trinajstić information content (AvgIpc) is 2.36. The molecule has 0 spiro atoms. The fraction of sp³-hybridized carbons (Fsp3) is 0.600. The molecule has 0 unspecified atom stereocenters. The van der Waals surface area contributed by atoms with Crippen molar-refractivity contribution in [1.29, 1.82) is 0 Å². The van der Waals surface area contributed by atoms with Crippen molar-refractivity contribution in [3.8, 4) is 5.75 Å². The Morgan fingerprint density at radius 2 is 2.11 bits per heavy atom. The smallest absolute Gasteiger partial charge is 0.137 e. The first kappa shape index (κ1) is 14.6. The molecule has 0 atom stereocenters. The van der Waals surface area contributed by atoms with Gasteiger partial charge in [0.05, 0.1) is 18.7 Å². The molecule has 106 valence electrons. The molecule has 4 heteroatoms. The van der Waals surface area contributed by atoms with Crippen LogP contribution in [0.3, 0.4) is 0 Å². The van der Waals surface area contributed by atoms with Gasteiger partial charge in [-0.3, -0.25) is 0 Å². The number of hydrogen-bond acceptors (Lipinski definition) is 3. The lowest BCUT2D eigenvalue weighted by Gasteiger charge is -2.41. The van der Waals surface area contributed by atoms with Crippen LogP contribution in [0, 0.1) is 5.41 Å². The standard InChI is InChI=1S/C15H22ClNO2/c1-18-11-15(6-3-7-15)10-17-9-12-4-5-14(19-2)13(16)8-12/h4-5,8,17H,3,6-7,9-11H2,1-2H3. The van der Waals surface area contributed by atoms with Crippen LogP contribution in [0.5, 0.6) is 5.75 Å². The highest BCUT2D eigenvalue weighted by Crippen LogP contribution is 2.40. The molecule has 0 aliphatic heterocycles. The molecule has 0 aromatic heterocycles. The van der Waals surface area contributed by atoms with E-state index in [2.05, 4.69) is 5.32 Å². The van der Waals surface area contributed by atoms with Crippen molar-refractivity contribution in [3.05, 3.63) is 28.8 Å². The number of hydrogen-bond donors (Lipinski definition) is 1. The Morgan fingerprint density at radius 3 is 2.63 bits per heavy atom. The first-order valence-electron chi connectivity index (χ1n) is 6.71. The minimum absolute atomic E-state index is 0.352. The SMILES string of the molecule is COCC1(CNCc2ccc(OC)c(Cl)c2)CCC1. The summed E-state index contributed by atoms with van der Waals surface area (Å²) < 4.78 is 10.5. The number of nitrogens with one attached hydrogen (secondary N) is 1. The molecule has 1 aliphatic carbocycles. The maximum absolute atomic E-state index is 6.11. The molecular formula is C15H22ClNO2. The van der Waals surface area contributed by atoms with Crippen molar-refractivity contribution in [2.24, 2.45) is 5.41 Å². The van der Waals surface area contributed by atoms with E-state index < -0.39 is 0 Å². The molecule has 0 radical (unpaired) electrons. The maximum Gasteiger partial charge on any atom is 0.137 e. The highest BCUT2D eigenvalue weighted by molar-refractivity contribution is 6.32. The summed E-state index contributed by atoms with van der Waals surface area (Å²) in [5, 5.41) is 4.18. The van der Waals surface area contributed by atoms with Gasteiger partial charge in [0.25, 0.3) is 0 Å². The number of benzene rings is 1. The van der Waals surface area contributed by atoms with E-state index in [1.807, 2.05) is 18.2 Å². The van der Waals surface area contributed by atoms with Gasteiger partial charge in [0.1, 0.15) is 5.75 Å². The van der Waals surface area contributed by atoms with Gasteiger partial charge < -0.3 is 14.8 Å². The van der Waals surface area contributed by atoms with E-state index in [-0.39, 0.29) is 0 Å². The van der Waals surface area contributed by atoms with Gasteiger partial charge in [-0.1, -0.05) is 24.1 Å². The van der Waals surface area contributed by atoms with Gasteiger partial charge in [-0.2, -0.15) is 0 Å². The lowest BCUT2D eigenvalue weighted by atomic mass is 9.69. The van der Waals surface area contributed by atoms with Crippen molar-refractivity contribution < 1.29 is 9.47 Å². The van der Waals surface area contributed by atoms with Crippen LogP contribution in [0.1, 0.15) is 24.8 Å². The van der Waals surface area contributed by atoms with E-state index in [1.165, 1.54) is 24.8 Å². The van der Waals surface area contributed by atoms with Crippen LogP contribution >= 0.6 is 11.6 Å². The lowest BCUT2D eigenvalue weighted by Crippen LogP contribution is -2.43. The second-order valence-electron chi connectivity index (χ2n) is 5.36. The number of ether oxygens (including phenoxy) is 2. The summed E-state index contributed by atoms with van der Waals surface area (Å²) in [7, 11) is 3.41. The predicted octanol–water partition coefficient (Wildman–Crippen LogP) is 3.25. The Bertz CT molecular complexity index is 419. The molecule has 0 amide bonds. The number of methoxy groups -OCH3 is 2. The third-order valence-electron chi connectivity index (χ3n) is 3.91. The summed E-state index contributed by atoms with van der Waals surface area (Å²) in [5.74, 6) is 0.722. The molecule has 0 heterocycles. The van der Waals surface area contributed by atoms with Gasteiger partial charge in [-0.05, 0) is 30.5 Å². The van der Waals surface area contributed by atoms with E-state index >= 15 is 0 Å². The van der Waals surface area contributed by atoms with Crippen LogP contribution in [-0.4, -0.2) is 27.4 Å². The molecule has 1 saturated carbocycles. The zero-order chi connectivity index (χ0) is 13.7. The van der Waals surface area contributed by atoms with Crippen molar-refractivity contribution in [1.82, 2.24) is 5.32 Å². The van der Waals surface area contributed by atoms with Crippen molar-refractivity contribution in [2.75, 3.05) is 27.4 Å². The second kappa shape index (κ2) is 6.60. The van der Waals surface area contributed by atoms with Crippen molar-refractivity contribution in [3.63, 3.8) is 0 Å². The third kappa shape index (κ3) is 3.62. The van der Waals surface area contributed by atoms with Crippen molar-refractivity contribution >= 4 is 11.6 Å². The predicted molar refractivity (Wildman–Crippen MR) is 77.9 cm³/mol. The second-order valence-corrected chi connectivity index (χ2v) is 5.77. The first-order chi connectivity index (χ1) is 9.19. The fourth-order valence-electron chi connectivity index (χ4n) is 2.65. The summed E-state index contributed by atoms with van der Waals surface area (Å²) in [5.41, 5.74) is 1.53. The van der Waals surface area contributed by atoms with Crippen LogP contribution in [0.4, 0.5) is 0 Å². The van der Waals surface area contributed by atoms with Gasteiger partial charge >= 0.3 is 0 Å². The minimum Gasteiger partial charge on any atom is -0.495 e. The maximum atomic E-state index is 6.11. The Labute approximate surface area is 120 Å². The van der Waals surface area contributed by atoms with E-state index in [1.54, 1.807) is 14.2 Å². The molecule has 0 saturated heterocycles. The Hall–Kier alpha value is -0.770. The molecule has 1 aliphatic rings. The monoisotopic (exact) mass is 283 g/mol. The first-order valence-corrected chi connectivity index (χ1v) is 7.09. The number of halogens is 1. The summed E-state index contributed by atoms with van der Waals surface area (Å²) in [6, 6.07) is 5.91. The summed E-state index contributed by atoms with van der Waals surface area (Å²) in [4.78, 5) is 0. The minimum atomic E-state index is 0.352. The Kier molecular flexibility index (Phi) is 5.08. The van der Waals surface area contributed by atoms with E-state index in [0.717, 1.165) is 25.4 Å². The van der Waals surface area contributed by atoms with Crippen LogP contribution in [0.15, 0.2) is 18.2 Å². The molecule has 2 rings (SSSR count). The average molecular weight is 284 g/mol. The largest absolute Gasteiger partial charge is 0.495 e. The molecule has 1 aromatic rings. The van der Waals surface area contributed by atoms with Crippen LogP contribution in [0.2, 0.25) is 5.02 Å². The zero-order valence-corrected chi connectivity index (χ0v) is 12.4. The molecule has 1 N–H and O–H groups in total. The zero-order valence-electron chi connectivity index (χ0n) is 11.7. The topological polar surface area (TPSA) is 30.5 Å². The lowest BCUT2D eigenvalue weighted by molar-refractivity contribution is 0.0177. The third-order valence-corrected chi connectivity index (χ3v) is 4.21. The van der Waals surface area contributed by atoms with Gasteiger partial charge in [-0.15, -0.1) is 0 Å². The van der Waals surface area contributed by atoms with Crippen LogP contribution < -0.4 is 10.1 Å². The summed E-state index contributed by atoms with van der Waals surface area (Å²) in [6.45, 7) is 2.68. The molecular weight excluding hydrogens is 262 g/mol. The molecule has 1 fully saturated rings. The van der Waals surface area contributed by atoms with E-state index in [9.17, 15) is 0 Å². The summed E-state index contributed by atoms with van der Waals surface area (Å²) in [6.07, 6.45) is 3.84. The molecule has 1 aromatic carbocycles. The van der Waals surface area contributed by atoms with Gasteiger partial charge in [0, 0.05) is 25.6 Å². The van der Waals surface area contributed by atoms with Gasteiger partial charge in [0.15, 0.2) is 0 Å². The molecule has 0 bridgehead atoms. The molecule has 3 nitrogen and oxygen atoms in total. The fourth-order valence-corrected chi connectivity index (χ4v) is 2.93. The number of rotatable bonds is 7. The molecule has 19 heavy (non-hydrogen) atoms. The van der Waals surface area contributed by atoms with Crippen molar-refractivity contribution in [2.45, 2.75) is 25.8 Å². The Morgan fingerprint density at radius 1 is 1.32 bits per heavy atom.